The molecule has 0 saturated carbocycles. The van der Waals surface area contributed by atoms with Crippen molar-refractivity contribution >= 4 is 0 Å². The van der Waals surface area contributed by atoms with Gasteiger partial charge in [0.1, 0.15) is 5.82 Å². The minimum atomic E-state index is -0.283. The largest absolute Gasteiger partial charge is 0.379 e. The second-order valence-electron chi connectivity index (χ2n) is 5.73. The summed E-state index contributed by atoms with van der Waals surface area (Å²) in [4.78, 5) is 6.92. The minimum Gasteiger partial charge on any atom is -0.379 e. The zero-order valence-corrected chi connectivity index (χ0v) is 13.0. The van der Waals surface area contributed by atoms with Crippen molar-refractivity contribution in [2.45, 2.75) is 19.4 Å². The molecule has 1 fully saturated rings. The molecule has 6 nitrogen and oxygen atoms in total. The third-order valence-electron chi connectivity index (χ3n) is 4.03. The first-order chi connectivity index (χ1) is 10.7. The molecule has 22 heavy (non-hydrogen) atoms. The number of aromatic nitrogens is 3. The maximum absolute atomic E-state index is 6.25. The van der Waals surface area contributed by atoms with E-state index in [-0.39, 0.29) is 6.04 Å². The number of morpholine rings is 1. The number of nitrogens with zero attached hydrogens (tertiary/aromatic N) is 3. The Kier molecular flexibility index (Phi) is 4.82. The fourth-order valence-electron chi connectivity index (χ4n) is 2.57. The molecule has 0 radical (unpaired) electrons. The van der Waals surface area contributed by atoms with Crippen molar-refractivity contribution < 1.29 is 4.74 Å². The molecular weight excluding hydrogens is 278 g/mol. The van der Waals surface area contributed by atoms with E-state index >= 15 is 0 Å². The molecule has 1 saturated heterocycles. The van der Waals surface area contributed by atoms with Gasteiger partial charge in [0, 0.05) is 26.1 Å². The van der Waals surface area contributed by atoms with E-state index in [0.717, 1.165) is 50.7 Å². The van der Waals surface area contributed by atoms with Gasteiger partial charge in [-0.25, -0.2) is 4.98 Å². The van der Waals surface area contributed by atoms with Crippen LogP contribution in [0.2, 0.25) is 0 Å². The fraction of sp³-hybridized carbons (Fsp3) is 0.500. The molecule has 0 unspecified atom stereocenters. The number of nitrogens with one attached hydrogen (secondary N) is 1. The highest BCUT2D eigenvalue weighted by Crippen LogP contribution is 2.16. The zero-order valence-electron chi connectivity index (χ0n) is 13.0. The van der Waals surface area contributed by atoms with Crippen LogP contribution in [0.3, 0.4) is 0 Å². The zero-order chi connectivity index (χ0) is 15.4. The molecule has 1 aliphatic heterocycles. The van der Waals surface area contributed by atoms with Crippen LogP contribution in [-0.2, 0) is 11.2 Å². The van der Waals surface area contributed by atoms with Gasteiger partial charge >= 0.3 is 0 Å². The number of ether oxygens (including phenoxy) is 1. The van der Waals surface area contributed by atoms with Crippen molar-refractivity contribution in [3.8, 4) is 0 Å². The first kappa shape index (κ1) is 15.1. The lowest BCUT2D eigenvalue weighted by Crippen LogP contribution is -2.37. The standard InChI is InChI=1S/C16H23N5O/c1-12-2-4-13(5-3-12)15(17)16-18-14(19-20-16)6-7-21-8-10-22-11-9-21/h2-5,15H,6-11,17H2,1H3,(H,18,19,20)/t15-/m0/s1. The second kappa shape index (κ2) is 7.00. The molecule has 0 bridgehead atoms. The topological polar surface area (TPSA) is 80.1 Å². The van der Waals surface area contributed by atoms with Crippen molar-refractivity contribution in [3.63, 3.8) is 0 Å². The summed E-state index contributed by atoms with van der Waals surface area (Å²) in [5.41, 5.74) is 8.50. The van der Waals surface area contributed by atoms with Crippen molar-refractivity contribution in [3.05, 3.63) is 47.0 Å². The van der Waals surface area contributed by atoms with E-state index in [2.05, 4.69) is 39.1 Å². The van der Waals surface area contributed by atoms with E-state index in [9.17, 15) is 0 Å². The number of rotatable bonds is 5. The normalized spacial score (nSPS) is 17.5. The molecule has 1 aromatic carbocycles. The molecule has 2 heterocycles. The third kappa shape index (κ3) is 3.71. The van der Waals surface area contributed by atoms with Crippen LogP contribution in [0.1, 0.15) is 28.8 Å². The lowest BCUT2D eigenvalue weighted by molar-refractivity contribution is 0.0382. The van der Waals surface area contributed by atoms with E-state index < -0.39 is 0 Å². The molecule has 3 rings (SSSR count). The average molecular weight is 301 g/mol. The van der Waals surface area contributed by atoms with Gasteiger partial charge in [-0.15, -0.1) is 0 Å². The van der Waals surface area contributed by atoms with Crippen LogP contribution in [0.15, 0.2) is 24.3 Å². The maximum atomic E-state index is 6.25. The van der Waals surface area contributed by atoms with Gasteiger partial charge in [0.05, 0.1) is 19.3 Å². The first-order valence-electron chi connectivity index (χ1n) is 7.76. The number of hydrogen-bond acceptors (Lipinski definition) is 5. The van der Waals surface area contributed by atoms with Gasteiger partial charge in [0.2, 0.25) is 0 Å². The van der Waals surface area contributed by atoms with Crippen LogP contribution < -0.4 is 5.73 Å². The van der Waals surface area contributed by atoms with Gasteiger partial charge in [-0.1, -0.05) is 29.8 Å². The molecule has 3 N–H and O–H groups in total. The van der Waals surface area contributed by atoms with Crippen LogP contribution in [0.5, 0.6) is 0 Å². The lowest BCUT2D eigenvalue weighted by Gasteiger charge is -2.25. The Hall–Kier alpha value is -1.76. The summed E-state index contributed by atoms with van der Waals surface area (Å²) in [5.74, 6) is 1.55. The molecule has 0 spiro atoms. The van der Waals surface area contributed by atoms with Gasteiger partial charge < -0.3 is 10.5 Å². The van der Waals surface area contributed by atoms with Crippen LogP contribution in [0, 0.1) is 6.92 Å². The summed E-state index contributed by atoms with van der Waals surface area (Å²) in [7, 11) is 0. The molecule has 118 valence electrons. The summed E-state index contributed by atoms with van der Waals surface area (Å²) < 4.78 is 5.35. The number of aryl methyl sites for hydroxylation is 1. The van der Waals surface area contributed by atoms with E-state index in [1.54, 1.807) is 0 Å². The third-order valence-corrected chi connectivity index (χ3v) is 4.03. The second-order valence-corrected chi connectivity index (χ2v) is 5.73. The SMILES string of the molecule is Cc1ccc([C@H](N)c2n[nH]c(CCN3CCOCC3)n2)cc1. The van der Waals surface area contributed by atoms with E-state index in [1.165, 1.54) is 5.56 Å². The molecule has 1 aromatic heterocycles. The summed E-state index contributed by atoms with van der Waals surface area (Å²) in [6.07, 6.45) is 0.855. The van der Waals surface area contributed by atoms with E-state index in [0.29, 0.717) is 5.82 Å². The highest BCUT2D eigenvalue weighted by Gasteiger charge is 2.15. The molecule has 1 aliphatic rings. The first-order valence-corrected chi connectivity index (χ1v) is 7.76. The highest BCUT2D eigenvalue weighted by atomic mass is 16.5. The van der Waals surface area contributed by atoms with Crippen LogP contribution in [0.4, 0.5) is 0 Å². The summed E-state index contributed by atoms with van der Waals surface area (Å²) in [6, 6.07) is 7.89. The predicted molar refractivity (Wildman–Crippen MR) is 84.6 cm³/mol. The Balaban J connectivity index is 1.59. The highest BCUT2D eigenvalue weighted by molar-refractivity contribution is 5.27. The van der Waals surface area contributed by atoms with Crippen molar-refractivity contribution in [1.29, 1.82) is 0 Å². The van der Waals surface area contributed by atoms with Crippen molar-refractivity contribution in [1.82, 2.24) is 20.1 Å². The Morgan fingerprint density at radius 3 is 2.73 bits per heavy atom. The van der Waals surface area contributed by atoms with Crippen LogP contribution in [0.25, 0.3) is 0 Å². The molecule has 6 heteroatoms. The van der Waals surface area contributed by atoms with Gasteiger partial charge in [-0.05, 0) is 12.5 Å². The Morgan fingerprint density at radius 1 is 1.27 bits per heavy atom. The monoisotopic (exact) mass is 301 g/mol. The van der Waals surface area contributed by atoms with Crippen LogP contribution in [-0.4, -0.2) is 52.9 Å². The quantitative estimate of drug-likeness (QED) is 0.862. The minimum absolute atomic E-state index is 0.283. The van der Waals surface area contributed by atoms with E-state index in [4.69, 9.17) is 10.5 Å². The van der Waals surface area contributed by atoms with Gasteiger partial charge in [0.25, 0.3) is 0 Å². The lowest BCUT2D eigenvalue weighted by atomic mass is 10.1. The molecule has 2 aromatic rings. The van der Waals surface area contributed by atoms with Crippen molar-refractivity contribution in [2.75, 3.05) is 32.8 Å². The van der Waals surface area contributed by atoms with Gasteiger partial charge in [-0.3, -0.25) is 10.00 Å². The van der Waals surface area contributed by atoms with Crippen LogP contribution >= 0.6 is 0 Å². The Labute approximate surface area is 130 Å². The fourth-order valence-corrected chi connectivity index (χ4v) is 2.57. The number of benzene rings is 1. The number of aromatic amines is 1. The molecule has 0 aliphatic carbocycles. The predicted octanol–water partition coefficient (Wildman–Crippen LogP) is 1.04. The Morgan fingerprint density at radius 2 is 2.00 bits per heavy atom. The maximum Gasteiger partial charge on any atom is 0.171 e. The number of H-pyrrole nitrogens is 1. The number of nitrogens with two attached hydrogens (primary N) is 1. The summed E-state index contributed by atoms with van der Waals surface area (Å²) >= 11 is 0. The average Bonchev–Trinajstić information content (AvgIpc) is 3.03. The summed E-state index contributed by atoms with van der Waals surface area (Å²) in [5, 5.41) is 7.28. The van der Waals surface area contributed by atoms with E-state index in [1.807, 2.05) is 12.1 Å². The Bertz CT molecular complexity index is 589. The van der Waals surface area contributed by atoms with Crippen molar-refractivity contribution in [2.24, 2.45) is 5.73 Å². The number of hydrogen-bond donors (Lipinski definition) is 2. The molecular formula is C16H23N5O. The molecule has 0 amide bonds. The molecule has 1 atom stereocenters. The van der Waals surface area contributed by atoms with Gasteiger partial charge in [-0.2, -0.15) is 5.10 Å². The van der Waals surface area contributed by atoms with Gasteiger partial charge in [0.15, 0.2) is 5.82 Å². The summed E-state index contributed by atoms with van der Waals surface area (Å²) in [6.45, 7) is 6.65. The smallest absolute Gasteiger partial charge is 0.171 e.